The molecule has 28 heavy (non-hydrogen) atoms. The Balaban J connectivity index is 1.73. The number of ether oxygens (including phenoxy) is 1. The zero-order chi connectivity index (χ0) is 20.1. The normalized spacial score (nSPS) is 20.5. The maximum atomic E-state index is 11.8. The van der Waals surface area contributed by atoms with Crippen molar-refractivity contribution >= 4 is 20.9 Å². The van der Waals surface area contributed by atoms with E-state index in [1.165, 1.54) is 12.8 Å². The summed E-state index contributed by atoms with van der Waals surface area (Å²) in [5.41, 5.74) is 1.03. The molecule has 3 rings (SSSR count). The fraction of sp³-hybridized carbons (Fsp3) is 0.619. The number of sulfonamides is 1. The minimum absolute atomic E-state index is 0.154. The summed E-state index contributed by atoms with van der Waals surface area (Å²) >= 11 is 0. The molecule has 3 N–H and O–H groups in total. The van der Waals surface area contributed by atoms with Crippen molar-refractivity contribution in [2.45, 2.75) is 57.6 Å². The fourth-order valence-corrected chi connectivity index (χ4v) is 5.20. The highest BCUT2D eigenvalue weighted by molar-refractivity contribution is 7.89. The molecule has 1 aromatic carbocycles. The predicted molar refractivity (Wildman–Crippen MR) is 114 cm³/mol. The Bertz CT molecular complexity index is 865. The largest absolute Gasteiger partial charge is 0.489 e. The lowest BCUT2D eigenvalue weighted by Crippen LogP contribution is -2.34. The van der Waals surface area contributed by atoms with Gasteiger partial charge in [-0.2, -0.15) is 0 Å². The average molecular weight is 408 g/mol. The van der Waals surface area contributed by atoms with Gasteiger partial charge in [0.05, 0.1) is 0 Å². The van der Waals surface area contributed by atoms with Crippen LogP contribution in [-0.2, 0) is 10.0 Å². The smallest absolute Gasteiger partial charge is 0.212 e. The number of nitrogens with two attached hydrogens (primary N) is 1. The molecule has 3 atom stereocenters. The topological polar surface area (TPSA) is 88.4 Å². The van der Waals surface area contributed by atoms with Gasteiger partial charge in [-0.25, -0.2) is 13.6 Å². The summed E-state index contributed by atoms with van der Waals surface area (Å²) in [6.45, 7) is 3.33. The van der Waals surface area contributed by atoms with Crippen LogP contribution in [-0.4, -0.2) is 49.8 Å². The molecule has 2 aromatic rings. The van der Waals surface area contributed by atoms with Crippen molar-refractivity contribution in [2.75, 3.05) is 19.3 Å². The summed E-state index contributed by atoms with van der Waals surface area (Å²) in [6.07, 6.45) is 7.87. The van der Waals surface area contributed by atoms with Gasteiger partial charge in [-0.15, -0.1) is 0 Å². The van der Waals surface area contributed by atoms with E-state index in [0.29, 0.717) is 24.1 Å². The van der Waals surface area contributed by atoms with E-state index in [4.69, 9.17) is 9.88 Å². The standard InChI is InChI=1S/C21H33N3O3S/c1-3-5-16(12-18-6-4-11-24(18)2)13-20(15-28(22,25)26)27-19-7-8-21-17(14-19)9-10-23-21/h7-10,14,16,18,20,23H,3-6,11-13,15H2,1-2H3,(H2,22,25,26). The average Bonchev–Trinajstić information content (AvgIpc) is 3.22. The molecule has 1 fully saturated rings. The van der Waals surface area contributed by atoms with Crippen LogP contribution in [0.15, 0.2) is 30.5 Å². The SMILES string of the molecule is CCCC(CC(CS(N)(=O)=O)Oc1ccc2[nH]ccc2c1)CC1CCCN1C. The van der Waals surface area contributed by atoms with E-state index in [1.54, 1.807) is 0 Å². The number of nitrogens with zero attached hydrogens (tertiary/aromatic N) is 1. The first-order valence-electron chi connectivity index (χ1n) is 10.3. The number of likely N-dealkylation sites (tertiary alicyclic amines) is 1. The van der Waals surface area contributed by atoms with Crippen molar-refractivity contribution in [1.82, 2.24) is 9.88 Å². The molecular formula is C21H33N3O3S. The number of fused-ring (bicyclic) bond motifs is 1. The predicted octanol–water partition coefficient (Wildman–Crippen LogP) is 3.49. The summed E-state index contributed by atoms with van der Waals surface area (Å²) < 4.78 is 29.8. The first-order valence-corrected chi connectivity index (χ1v) is 12.0. The molecule has 6 nitrogen and oxygen atoms in total. The van der Waals surface area contributed by atoms with Crippen LogP contribution in [0.5, 0.6) is 5.75 Å². The molecular weight excluding hydrogens is 374 g/mol. The van der Waals surface area contributed by atoms with E-state index < -0.39 is 16.1 Å². The van der Waals surface area contributed by atoms with Crippen LogP contribution in [0.3, 0.4) is 0 Å². The second-order valence-corrected chi connectivity index (χ2v) is 9.86. The van der Waals surface area contributed by atoms with Crippen LogP contribution in [0.1, 0.15) is 45.4 Å². The number of hydrogen-bond acceptors (Lipinski definition) is 4. The molecule has 3 unspecified atom stereocenters. The first kappa shape index (κ1) is 21.1. The lowest BCUT2D eigenvalue weighted by atomic mass is 9.89. The van der Waals surface area contributed by atoms with Crippen LogP contribution >= 0.6 is 0 Å². The van der Waals surface area contributed by atoms with Crippen molar-refractivity contribution in [1.29, 1.82) is 0 Å². The van der Waals surface area contributed by atoms with Crippen LogP contribution in [0, 0.1) is 5.92 Å². The van der Waals surface area contributed by atoms with Crippen LogP contribution in [0.25, 0.3) is 10.9 Å². The number of hydrogen-bond donors (Lipinski definition) is 2. The molecule has 1 aliphatic rings. The Kier molecular flexibility index (Phi) is 7.01. The molecule has 1 aliphatic heterocycles. The Morgan fingerprint density at radius 3 is 2.86 bits per heavy atom. The minimum atomic E-state index is -3.62. The lowest BCUT2D eigenvalue weighted by Gasteiger charge is -2.28. The molecule has 0 amide bonds. The van der Waals surface area contributed by atoms with E-state index >= 15 is 0 Å². The summed E-state index contributed by atoms with van der Waals surface area (Å²) in [6, 6.07) is 8.35. The van der Waals surface area contributed by atoms with Gasteiger partial charge in [-0.05, 0) is 69.5 Å². The van der Waals surface area contributed by atoms with E-state index in [1.807, 2.05) is 30.5 Å². The molecule has 1 saturated heterocycles. The van der Waals surface area contributed by atoms with E-state index in [2.05, 4.69) is 23.9 Å². The van der Waals surface area contributed by atoms with Crippen LogP contribution in [0.4, 0.5) is 0 Å². The highest BCUT2D eigenvalue weighted by atomic mass is 32.2. The summed E-state index contributed by atoms with van der Waals surface area (Å²) in [4.78, 5) is 5.58. The Hall–Kier alpha value is -1.57. The number of aromatic nitrogens is 1. The molecule has 0 saturated carbocycles. The van der Waals surface area contributed by atoms with Crippen LogP contribution < -0.4 is 9.88 Å². The van der Waals surface area contributed by atoms with Gasteiger partial charge in [0, 0.05) is 23.1 Å². The van der Waals surface area contributed by atoms with Gasteiger partial charge in [0.2, 0.25) is 10.0 Å². The second-order valence-electron chi connectivity index (χ2n) is 8.20. The Morgan fingerprint density at radius 2 is 2.18 bits per heavy atom. The van der Waals surface area contributed by atoms with Crippen molar-refractivity contribution in [3.8, 4) is 5.75 Å². The molecule has 7 heteroatoms. The van der Waals surface area contributed by atoms with Gasteiger partial charge >= 0.3 is 0 Å². The fourth-order valence-electron chi connectivity index (χ4n) is 4.48. The monoisotopic (exact) mass is 407 g/mol. The van der Waals surface area contributed by atoms with E-state index in [0.717, 1.165) is 36.7 Å². The highest BCUT2D eigenvalue weighted by Crippen LogP contribution is 2.29. The summed E-state index contributed by atoms with van der Waals surface area (Å²) in [5.74, 6) is 0.964. The third-order valence-electron chi connectivity index (χ3n) is 5.82. The van der Waals surface area contributed by atoms with Gasteiger partial charge < -0.3 is 14.6 Å². The number of rotatable bonds is 10. The molecule has 0 bridgehead atoms. The van der Waals surface area contributed by atoms with Gasteiger partial charge in [-0.3, -0.25) is 0 Å². The third kappa shape index (κ3) is 5.96. The van der Waals surface area contributed by atoms with Crippen molar-refractivity contribution in [2.24, 2.45) is 11.1 Å². The third-order valence-corrected chi connectivity index (χ3v) is 6.65. The molecule has 0 radical (unpaired) electrons. The van der Waals surface area contributed by atoms with Crippen molar-refractivity contribution < 1.29 is 13.2 Å². The van der Waals surface area contributed by atoms with Crippen LogP contribution in [0.2, 0.25) is 0 Å². The molecule has 0 aliphatic carbocycles. The molecule has 1 aromatic heterocycles. The lowest BCUT2D eigenvalue weighted by molar-refractivity contribution is 0.163. The zero-order valence-corrected chi connectivity index (χ0v) is 17.7. The number of primary sulfonamides is 1. The van der Waals surface area contributed by atoms with E-state index in [-0.39, 0.29) is 5.75 Å². The van der Waals surface area contributed by atoms with Gasteiger partial charge in [0.15, 0.2) is 0 Å². The summed E-state index contributed by atoms with van der Waals surface area (Å²) in [5, 5.41) is 6.42. The van der Waals surface area contributed by atoms with Gasteiger partial charge in [-0.1, -0.05) is 19.8 Å². The number of nitrogens with one attached hydrogen (secondary N) is 1. The maximum Gasteiger partial charge on any atom is 0.212 e. The van der Waals surface area contributed by atoms with E-state index in [9.17, 15) is 8.42 Å². The van der Waals surface area contributed by atoms with Crippen molar-refractivity contribution in [3.05, 3.63) is 30.5 Å². The summed E-state index contributed by atoms with van der Waals surface area (Å²) in [7, 11) is -1.43. The number of aromatic amines is 1. The highest BCUT2D eigenvalue weighted by Gasteiger charge is 2.28. The molecule has 0 spiro atoms. The second kappa shape index (κ2) is 9.29. The van der Waals surface area contributed by atoms with Crippen molar-refractivity contribution in [3.63, 3.8) is 0 Å². The van der Waals surface area contributed by atoms with Gasteiger partial charge in [0.1, 0.15) is 17.6 Å². The zero-order valence-electron chi connectivity index (χ0n) is 16.9. The maximum absolute atomic E-state index is 11.8. The Morgan fingerprint density at radius 1 is 1.36 bits per heavy atom. The number of H-pyrrole nitrogens is 1. The van der Waals surface area contributed by atoms with Gasteiger partial charge in [0.25, 0.3) is 0 Å². The molecule has 156 valence electrons. The minimum Gasteiger partial charge on any atom is -0.489 e. The Labute approximate surface area is 168 Å². The quantitative estimate of drug-likeness (QED) is 0.631. The number of benzene rings is 1. The first-order chi connectivity index (χ1) is 13.3. The molecule has 2 heterocycles.